The molecule has 1 amide bonds. The van der Waals surface area contributed by atoms with Gasteiger partial charge in [0, 0.05) is 13.2 Å². The Balaban J connectivity index is 2.76. The maximum Gasteiger partial charge on any atom is 0.244 e. The summed E-state index contributed by atoms with van der Waals surface area (Å²) in [7, 11) is -2.49. The highest BCUT2D eigenvalue weighted by atomic mass is 32.2. The van der Waals surface area contributed by atoms with Crippen molar-refractivity contribution in [3.05, 3.63) is 23.8 Å². The summed E-state index contributed by atoms with van der Waals surface area (Å²) < 4.78 is 38.5. The van der Waals surface area contributed by atoms with Crippen molar-refractivity contribution in [3.63, 3.8) is 0 Å². The highest BCUT2D eigenvalue weighted by molar-refractivity contribution is 7.89. The molecule has 0 saturated carbocycles. The van der Waals surface area contributed by atoms with E-state index >= 15 is 0 Å². The lowest BCUT2D eigenvalue weighted by atomic mass is 10.0. The molecule has 7 nitrogen and oxygen atoms in total. The molecule has 0 spiro atoms. The first-order valence-corrected chi connectivity index (χ1v) is 10.7. The largest absolute Gasteiger partial charge is 0.495 e. The molecule has 0 aliphatic rings. The van der Waals surface area contributed by atoms with E-state index in [9.17, 15) is 13.2 Å². The summed E-state index contributed by atoms with van der Waals surface area (Å²) in [4.78, 5) is 12.2. The lowest BCUT2D eigenvalue weighted by molar-refractivity contribution is -0.122. The number of carbonyl (C=O) groups is 1. The van der Waals surface area contributed by atoms with Gasteiger partial charge in [0.15, 0.2) is 0 Å². The van der Waals surface area contributed by atoms with Crippen LogP contribution in [0.5, 0.6) is 5.75 Å². The van der Waals surface area contributed by atoms with Gasteiger partial charge in [0.05, 0.1) is 19.3 Å². The normalized spacial score (nSPS) is 13.0. The van der Waals surface area contributed by atoms with Crippen molar-refractivity contribution in [3.8, 4) is 5.75 Å². The maximum atomic E-state index is 12.8. The SMILES string of the molecule is COc1ccc(C(C)C)cc1S(=O)(=O)NC(C)C(=O)NCCCOC(C)C. The predicted molar refractivity (Wildman–Crippen MR) is 106 cm³/mol. The van der Waals surface area contributed by atoms with Crippen LogP contribution in [0, 0.1) is 0 Å². The van der Waals surface area contributed by atoms with Gasteiger partial charge in [-0.3, -0.25) is 4.79 Å². The summed E-state index contributed by atoms with van der Waals surface area (Å²) >= 11 is 0. The predicted octanol–water partition coefficient (Wildman–Crippen LogP) is 2.42. The third-order valence-corrected chi connectivity index (χ3v) is 5.50. The standard InChI is InChI=1S/C19H32N2O5S/c1-13(2)16-8-9-17(25-6)18(12-16)27(23,24)21-15(5)19(22)20-10-7-11-26-14(3)4/h8-9,12-15,21H,7,10-11H2,1-6H3,(H,20,22). The van der Waals surface area contributed by atoms with Crippen molar-refractivity contribution in [1.29, 1.82) is 0 Å². The summed E-state index contributed by atoms with van der Waals surface area (Å²) in [5.74, 6) is 0.0195. The molecule has 2 N–H and O–H groups in total. The average molecular weight is 401 g/mol. The second-order valence-electron chi connectivity index (χ2n) is 6.97. The first-order chi connectivity index (χ1) is 12.6. The molecule has 8 heteroatoms. The number of hydrogen-bond donors (Lipinski definition) is 2. The molecular formula is C19H32N2O5S. The summed E-state index contributed by atoms with van der Waals surface area (Å²) in [5, 5.41) is 2.71. The van der Waals surface area contributed by atoms with Gasteiger partial charge in [0.1, 0.15) is 10.6 Å². The van der Waals surface area contributed by atoms with E-state index in [0.717, 1.165) is 5.56 Å². The summed E-state index contributed by atoms with van der Waals surface area (Å²) in [6, 6.07) is 4.13. The van der Waals surface area contributed by atoms with E-state index in [1.165, 1.54) is 14.0 Å². The van der Waals surface area contributed by atoms with Crippen LogP contribution in [0.2, 0.25) is 0 Å². The van der Waals surface area contributed by atoms with Gasteiger partial charge in [-0.2, -0.15) is 4.72 Å². The third-order valence-electron chi connectivity index (χ3n) is 3.94. The van der Waals surface area contributed by atoms with E-state index < -0.39 is 16.1 Å². The molecule has 0 aliphatic heterocycles. The molecule has 1 aromatic rings. The summed E-state index contributed by atoms with van der Waals surface area (Å²) in [6.07, 6.45) is 0.802. The Labute approximate surface area is 162 Å². The molecule has 1 aromatic carbocycles. The molecule has 0 bridgehead atoms. The number of amides is 1. The number of nitrogens with one attached hydrogen (secondary N) is 2. The number of benzene rings is 1. The minimum atomic E-state index is -3.91. The molecule has 1 unspecified atom stereocenters. The van der Waals surface area contributed by atoms with E-state index in [1.807, 2.05) is 33.8 Å². The molecule has 0 fully saturated rings. The van der Waals surface area contributed by atoms with E-state index in [-0.39, 0.29) is 28.6 Å². The van der Waals surface area contributed by atoms with E-state index in [2.05, 4.69) is 10.0 Å². The van der Waals surface area contributed by atoms with Crippen molar-refractivity contribution in [1.82, 2.24) is 10.0 Å². The molecule has 0 heterocycles. The third kappa shape index (κ3) is 7.48. The van der Waals surface area contributed by atoms with Crippen LogP contribution < -0.4 is 14.8 Å². The van der Waals surface area contributed by atoms with Gasteiger partial charge in [-0.15, -0.1) is 0 Å². The number of methoxy groups -OCH3 is 1. The van der Waals surface area contributed by atoms with Gasteiger partial charge >= 0.3 is 0 Å². The number of hydrogen-bond acceptors (Lipinski definition) is 5. The maximum absolute atomic E-state index is 12.8. The van der Waals surface area contributed by atoms with Gasteiger partial charge in [-0.1, -0.05) is 19.9 Å². The Morgan fingerprint density at radius 1 is 1.15 bits per heavy atom. The molecule has 0 aliphatic carbocycles. The molecule has 0 radical (unpaired) electrons. The fourth-order valence-electron chi connectivity index (χ4n) is 2.37. The Kier molecular flexibility index (Phi) is 9.21. The zero-order chi connectivity index (χ0) is 20.6. The quantitative estimate of drug-likeness (QED) is 0.557. The number of sulfonamides is 1. The van der Waals surface area contributed by atoms with Crippen LogP contribution in [-0.2, 0) is 19.6 Å². The van der Waals surface area contributed by atoms with Crippen LogP contribution in [0.25, 0.3) is 0 Å². The van der Waals surface area contributed by atoms with Crippen LogP contribution in [-0.4, -0.2) is 46.7 Å². The Morgan fingerprint density at radius 3 is 2.37 bits per heavy atom. The van der Waals surface area contributed by atoms with Crippen molar-refractivity contribution >= 4 is 15.9 Å². The Hall–Kier alpha value is -1.64. The van der Waals surface area contributed by atoms with Gasteiger partial charge < -0.3 is 14.8 Å². The molecule has 1 rings (SSSR count). The average Bonchev–Trinajstić information content (AvgIpc) is 2.59. The summed E-state index contributed by atoms with van der Waals surface area (Å²) in [5.41, 5.74) is 0.874. The van der Waals surface area contributed by atoms with Crippen molar-refractivity contribution in [2.24, 2.45) is 0 Å². The van der Waals surface area contributed by atoms with Gasteiger partial charge in [-0.25, -0.2) is 8.42 Å². The van der Waals surface area contributed by atoms with Crippen LogP contribution in [0.4, 0.5) is 0 Å². The van der Waals surface area contributed by atoms with Crippen molar-refractivity contribution in [2.45, 2.75) is 64.0 Å². The van der Waals surface area contributed by atoms with Crippen LogP contribution >= 0.6 is 0 Å². The lowest BCUT2D eigenvalue weighted by Crippen LogP contribution is -2.45. The molecule has 27 heavy (non-hydrogen) atoms. The fraction of sp³-hybridized carbons (Fsp3) is 0.632. The number of rotatable bonds is 11. The van der Waals surface area contributed by atoms with Crippen LogP contribution in [0.3, 0.4) is 0 Å². The molecule has 0 aromatic heterocycles. The monoisotopic (exact) mass is 400 g/mol. The second-order valence-corrected chi connectivity index (χ2v) is 8.65. The highest BCUT2D eigenvalue weighted by Gasteiger charge is 2.25. The zero-order valence-corrected chi connectivity index (χ0v) is 17.9. The van der Waals surface area contributed by atoms with Crippen molar-refractivity contribution < 1.29 is 22.7 Å². The highest BCUT2D eigenvalue weighted by Crippen LogP contribution is 2.28. The van der Waals surface area contributed by atoms with E-state index in [1.54, 1.807) is 12.1 Å². The van der Waals surface area contributed by atoms with Crippen LogP contribution in [0.1, 0.15) is 52.5 Å². The Bertz CT molecular complexity index is 717. The minimum Gasteiger partial charge on any atom is -0.495 e. The van der Waals surface area contributed by atoms with Crippen molar-refractivity contribution in [2.75, 3.05) is 20.3 Å². The van der Waals surface area contributed by atoms with Gasteiger partial charge in [0.2, 0.25) is 15.9 Å². The number of ether oxygens (including phenoxy) is 2. The number of carbonyl (C=O) groups excluding carboxylic acids is 1. The summed E-state index contributed by atoms with van der Waals surface area (Å²) in [6.45, 7) is 10.3. The Morgan fingerprint density at radius 2 is 1.81 bits per heavy atom. The zero-order valence-electron chi connectivity index (χ0n) is 17.0. The fourth-order valence-corrected chi connectivity index (χ4v) is 3.77. The molecular weight excluding hydrogens is 368 g/mol. The van der Waals surface area contributed by atoms with E-state index in [0.29, 0.717) is 19.6 Å². The van der Waals surface area contributed by atoms with E-state index in [4.69, 9.17) is 9.47 Å². The first-order valence-electron chi connectivity index (χ1n) is 9.18. The molecule has 0 saturated heterocycles. The smallest absolute Gasteiger partial charge is 0.244 e. The first kappa shape index (κ1) is 23.4. The van der Waals surface area contributed by atoms with Gasteiger partial charge in [0.25, 0.3) is 0 Å². The van der Waals surface area contributed by atoms with Gasteiger partial charge in [-0.05, 0) is 50.8 Å². The topological polar surface area (TPSA) is 93.7 Å². The second kappa shape index (κ2) is 10.6. The molecule has 1 atom stereocenters. The van der Waals surface area contributed by atoms with Crippen LogP contribution in [0.15, 0.2) is 23.1 Å². The molecule has 154 valence electrons. The lowest BCUT2D eigenvalue weighted by Gasteiger charge is -2.17. The minimum absolute atomic E-state index is 0.0289.